The topological polar surface area (TPSA) is 78.0 Å². The number of guanidine groups is 1. The Hall–Kier alpha value is -0.910. The predicted octanol–water partition coefficient (Wildman–Crippen LogP) is 2.21. The largest absolute Gasteiger partial charge is 0.379 e. The number of halogens is 1. The summed E-state index contributed by atoms with van der Waals surface area (Å²) in [6.07, 6.45) is 0. The Kier molecular flexibility index (Phi) is 11.3. The van der Waals surface area contributed by atoms with Crippen molar-refractivity contribution in [1.29, 1.82) is 0 Å². The molecule has 160 valence electrons. The Balaban J connectivity index is 0.00000392. The zero-order valence-corrected chi connectivity index (χ0v) is 20.4. The maximum Gasteiger partial charge on any atom is 0.242 e. The molecule has 1 aliphatic heterocycles. The lowest BCUT2D eigenvalue weighted by Gasteiger charge is -2.34. The lowest BCUT2D eigenvalue weighted by molar-refractivity contribution is -0.121. The van der Waals surface area contributed by atoms with Gasteiger partial charge in [-0.2, -0.15) is 0 Å². The van der Waals surface area contributed by atoms with Crippen molar-refractivity contribution in [2.45, 2.75) is 39.3 Å². The Bertz CT molecular complexity index is 598. The van der Waals surface area contributed by atoms with E-state index in [0.717, 1.165) is 39.4 Å². The molecular formula is C19H34IN5O2S. The van der Waals surface area contributed by atoms with Gasteiger partial charge in [-0.3, -0.25) is 9.69 Å². The summed E-state index contributed by atoms with van der Waals surface area (Å²) < 4.78 is 5.50. The molecule has 1 fully saturated rings. The van der Waals surface area contributed by atoms with Crippen LogP contribution in [-0.4, -0.2) is 68.2 Å². The molecule has 0 spiro atoms. The zero-order chi connectivity index (χ0) is 19.7. The van der Waals surface area contributed by atoms with Crippen molar-refractivity contribution >= 4 is 47.2 Å². The molecule has 0 aromatic carbocycles. The number of rotatable bonds is 7. The van der Waals surface area contributed by atoms with E-state index in [4.69, 9.17) is 4.74 Å². The van der Waals surface area contributed by atoms with E-state index < -0.39 is 0 Å². The number of hydrogen-bond donors (Lipinski definition) is 3. The van der Waals surface area contributed by atoms with Crippen LogP contribution in [0.4, 0.5) is 0 Å². The van der Waals surface area contributed by atoms with Gasteiger partial charge >= 0.3 is 0 Å². The first kappa shape index (κ1) is 25.1. The zero-order valence-electron chi connectivity index (χ0n) is 17.3. The molecule has 2 heterocycles. The van der Waals surface area contributed by atoms with Crippen LogP contribution in [0, 0.1) is 0 Å². The summed E-state index contributed by atoms with van der Waals surface area (Å²) >= 11 is 1.77. The van der Waals surface area contributed by atoms with Gasteiger partial charge in [0.25, 0.3) is 0 Å². The third kappa shape index (κ3) is 9.06. The van der Waals surface area contributed by atoms with Crippen molar-refractivity contribution in [2.24, 2.45) is 4.99 Å². The van der Waals surface area contributed by atoms with Crippen LogP contribution in [0.15, 0.2) is 22.5 Å². The van der Waals surface area contributed by atoms with Crippen LogP contribution < -0.4 is 16.0 Å². The van der Waals surface area contributed by atoms with Crippen molar-refractivity contribution < 1.29 is 9.53 Å². The van der Waals surface area contributed by atoms with E-state index in [-0.39, 0.29) is 48.0 Å². The number of morpholine rings is 1. The number of hydrogen-bond acceptors (Lipinski definition) is 5. The van der Waals surface area contributed by atoms with Gasteiger partial charge in [-0.1, -0.05) is 6.07 Å². The summed E-state index contributed by atoms with van der Waals surface area (Å²) in [6.45, 7) is 12.9. The standard InChI is InChI=1S/C19H33N5O2S.HI/c1-5-20-18(22-14-17(25)23-19(2,3)4)21-13-15(16-7-6-12-27-16)24-8-10-26-11-9-24;/h6-7,12,15H,5,8-11,13-14H2,1-4H3,(H,23,25)(H2,20,21,22);1H. The molecule has 1 saturated heterocycles. The van der Waals surface area contributed by atoms with Crippen molar-refractivity contribution in [1.82, 2.24) is 20.9 Å². The van der Waals surface area contributed by atoms with Gasteiger partial charge in [0.05, 0.1) is 19.3 Å². The quantitative estimate of drug-likeness (QED) is 0.290. The second-order valence-corrected chi connectivity index (χ2v) is 8.53. The van der Waals surface area contributed by atoms with Crippen LogP contribution in [0.2, 0.25) is 0 Å². The minimum Gasteiger partial charge on any atom is -0.379 e. The van der Waals surface area contributed by atoms with E-state index in [1.54, 1.807) is 11.3 Å². The highest BCUT2D eigenvalue weighted by molar-refractivity contribution is 14.0. The van der Waals surface area contributed by atoms with Crippen molar-refractivity contribution in [3.63, 3.8) is 0 Å². The highest BCUT2D eigenvalue weighted by Gasteiger charge is 2.23. The molecule has 0 aliphatic carbocycles. The number of ether oxygens (including phenoxy) is 1. The number of aliphatic imine (C=N–C) groups is 1. The van der Waals surface area contributed by atoms with Gasteiger partial charge in [0, 0.05) is 36.6 Å². The maximum atomic E-state index is 12.0. The molecule has 3 N–H and O–H groups in total. The number of carbonyl (C=O) groups excluding carboxylic acids is 1. The molecule has 0 radical (unpaired) electrons. The fourth-order valence-electron chi connectivity index (χ4n) is 2.92. The van der Waals surface area contributed by atoms with E-state index >= 15 is 0 Å². The van der Waals surface area contributed by atoms with Crippen LogP contribution in [0.1, 0.15) is 38.6 Å². The van der Waals surface area contributed by atoms with E-state index in [1.165, 1.54) is 4.88 Å². The first-order valence-corrected chi connectivity index (χ1v) is 10.5. The molecule has 0 bridgehead atoms. The Morgan fingerprint density at radius 1 is 1.32 bits per heavy atom. The Morgan fingerprint density at radius 3 is 2.61 bits per heavy atom. The van der Waals surface area contributed by atoms with Gasteiger partial charge in [-0.25, -0.2) is 4.99 Å². The lowest BCUT2D eigenvalue weighted by Crippen LogP contribution is -2.46. The predicted molar refractivity (Wildman–Crippen MR) is 127 cm³/mol. The highest BCUT2D eigenvalue weighted by atomic mass is 127. The Morgan fingerprint density at radius 2 is 2.04 bits per heavy atom. The average Bonchev–Trinajstić information content (AvgIpc) is 3.13. The van der Waals surface area contributed by atoms with Crippen LogP contribution >= 0.6 is 35.3 Å². The van der Waals surface area contributed by atoms with E-state index in [2.05, 4.69) is 43.4 Å². The second-order valence-electron chi connectivity index (χ2n) is 7.55. The average molecular weight is 523 g/mol. The molecule has 1 amide bonds. The van der Waals surface area contributed by atoms with Crippen LogP contribution in [-0.2, 0) is 9.53 Å². The summed E-state index contributed by atoms with van der Waals surface area (Å²) in [5.74, 6) is 0.582. The third-order valence-electron chi connectivity index (χ3n) is 4.06. The van der Waals surface area contributed by atoms with Crippen molar-refractivity contribution in [3.05, 3.63) is 22.4 Å². The lowest BCUT2D eigenvalue weighted by atomic mass is 10.1. The Labute approximate surface area is 189 Å². The van der Waals surface area contributed by atoms with Crippen molar-refractivity contribution in [3.8, 4) is 0 Å². The summed E-state index contributed by atoms with van der Waals surface area (Å²) in [5.41, 5.74) is -0.251. The highest BCUT2D eigenvalue weighted by Crippen LogP contribution is 2.25. The van der Waals surface area contributed by atoms with Crippen molar-refractivity contribution in [2.75, 3.05) is 45.9 Å². The fourth-order valence-corrected chi connectivity index (χ4v) is 3.78. The first-order valence-electron chi connectivity index (χ1n) is 9.57. The number of amides is 1. The van der Waals surface area contributed by atoms with Gasteiger partial charge in [-0.15, -0.1) is 35.3 Å². The monoisotopic (exact) mass is 523 g/mol. The molecular weight excluding hydrogens is 489 g/mol. The maximum absolute atomic E-state index is 12.0. The number of thiophene rings is 1. The van der Waals surface area contributed by atoms with Gasteiger partial charge in [0.2, 0.25) is 5.91 Å². The third-order valence-corrected chi connectivity index (χ3v) is 5.03. The molecule has 28 heavy (non-hydrogen) atoms. The molecule has 1 atom stereocenters. The van der Waals surface area contributed by atoms with Gasteiger partial charge in [0.15, 0.2) is 5.96 Å². The molecule has 0 saturated carbocycles. The number of nitrogens with one attached hydrogen (secondary N) is 3. The molecule has 7 nitrogen and oxygen atoms in total. The molecule has 1 aromatic heterocycles. The normalized spacial score (nSPS) is 16.8. The minimum absolute atomic E-state index is 0. The summed E-state index contributed by atoms with van der Waals surface area (Å²) in [6, 6.07) is 4.53. The molecule has 9 heteroatoms. The van der Waals surface area contributed by atoms with Gasteiger partial charge < -0.3 is 20.7 Å². The molecule has 1 unspecified atom stereocenters. The fraction of sp³-hybridized carbons (Fsp3) is 0.684. The van der Waals surface area contributed by atoms with E-state index in [9.17, 15) is 4.79 Å². The van der Waals surface area contributed by atoms with E-state index in [1.807, 2.05) is 27.7 Å². The smallest absolute Gasteiger partial charge is 0.242 e. The number of nitrogens with zero attached hydrogens (tertiary/aromatic N) is 2. The van der Waals surface area contributed by atoms with Gasteiger partial charge in [0.1, 0.15) is 6.54 Å². The van der Waals surface area contributed by atoms with Crippen LogP contribution in [0.3, 0.4) is 0 Å². The van der Waals surface area contributed by atoms with Crippen LogP contribution in [0.5, 0.6) is 0 Å². The summed E-state index contributed by atoms with van der Waals surface area (Å²) in [7, 11) is 0. The summed E-state index contributed by atoms with van der Waals surface area (Å²) in [5, 5.41) is 11.7. The summed E-state index contributed by atoms with van der Waals surface area (Å²) in [4.78, 5) is 20.3. The van der Waals surface area contributed by atoms with Crippen LogP contribution in [0.25, 0.3) is 0 Å². The number of carbonyl (C=O) groups is 1. The first-order chi connectivity index (χ1) is 12.9. The molecule has 1 aromatic rings. The molecule has 1 aliphatic rings. The minimum atomic E-state index is -0.251. The molecule has 2 rings (SSSR count). The van der Waals surface area contributed by atoms with E-state index in [0.29, 0.717) is 5.96 Å². The van der Waals surface area contributed by atoms with Gasteiger partial charge in [-0.05, 0) is 39.1 Å². The second kappa shape index (κ2) is 12.6. The SMILES string of the molecule is CCNC(=NCC(=O)NC(C)(C)C)NCC(c1cccs1)N1CCOCC1.I.